The third kappa shape index (κ3) is 4.13. The second-order valence-electron chi connectivity index (χ2n) is 7.70. The molecular formula is C20H26N6O4. The summed E-state index contributed by atoms with van der Waals surface area (Å²) < 4.78 is 7.19. The van der Waals surface area contributed by atoms with Gasteiger partial charge in [-0.3, -0.25) is 25.2 Å². The summed E-state index contributed by atoms with van der Waals surface area (Å²) in [6.07, 6.45) is 6.01. The van der Waals surface area contributed by atoms with Gasteiger partial charge in [-0.15, -0.1) is 0 Å². The zero-order valence-electron chi connectivity index (χ0n) is 16.9. The van der Waals surface area contributed by atoms with Gasteiger partial charge in [-0.2, -0.15) is 5.10 Å². The van der Waals surface area contributed by atoms with Crippen molar-refractivity contribution >= 4 is 34.3 Å². The standard InChI is InChI=1S/C20H26N6O4/c1-2-26-18-15(11-22-26)17(23-13-5-7-30-8-6-13)16(10-21-18)20(29)25-24-19(28)12-3-4-14(27)9-12/h10-13H,2-9H2,1H3,(H,21,23)(H,24,28)(H,25,29). The molecule has 1 saturated carbocycles. The van der Waals surface area contributed by atoms with Gasteiger partial charge in [0, 0.05) is 50.8 Å². The van der Waals surface area contributed by atoms with Crippen LogP contribution in [0.3, 0.4) is 0 Å². The fourth-order valence-electron chi connectivity index (χ4n) is 3.96. The summed E-state index contributed by atoms with van der Waals surface area (Å²) >= 11 is 0. The van der Waals surface area contributed by atoms with Crippen LogP contribution in [0, 0.1) is 5.92 Å². The number of amides is 2. The predicted molar refractivity (Wildman–Crippen MR) is 109 cm³/mol. The van der Waals surface area contributed by atoms with Crippen LogP contribution in [-0.4, -0.2) is 51.6 Å². The Labute approximate surface area is 173 Å². The van der Waals surface area contributed by atoms with E-state index in [9.17, 15) is 14.4 Å². The second-order valence-corrected chi connectivity index (χ2v) is 7.70. The minimum absolute atomic E-state index is 0.0759. The Morgan fingerprint density at radius 2 is 2.00 bits per heavy atom. The molecule has 2 fully saturated rings. The van der Waals surface area contributed by atoms with Crippen molar-refractivity contribution < 1.29 is 19.1 Å². The summed E-state index contributed by atoms with van der Waals surface area (Å²) in [6, 6.07) is 0.167. The van der Waals surface area contributed by atoms with E-state index in [-0.39, 0.29) is 30.1 Å². The average Bonchev–Trinajstić information content (AvgIpc) is 3.39. The number of hydrogen-bond acceptors (Lipinski definition) is 7. The van der Waals surface area contributed by atoms with E-state index in [1.54, 1.807) is 10.9 Å². The van der Waals surface area contributed by atoms with Crippen LogP contribution in [0.4, 0.5) is 5.69 Å². The molecule has 30 heavy (non-hydrogen) atoms. The van der Waals surface area contributed by atoms with E-state index in [4.69, 9.17) is 4.74 Å². The highest BCUT2D eigenvalue weighted by Crippen LogP contribution is 2.28. The van der Waals surface area contributed by atoms with E-state index in [1.807, 2.05) is 6.92 Å². The quantitative estimate of drug-likeness (QED) is 0.627. The lowest BCUT2D eigenvalue weighted by atomic mass is 10.1. The Hall–Kier alpha value is -3.01. The Morgan fingerprint density at radius 3 is 2.70 bits per heavy atom. The molecule has 0 aromatic carbocycles. The van der Waals surface area contributed by atoms with Crippen LogP contribution in [0.5, 0.6) is 0 Å². The largest absolute Gasteiger partial charge is 0.381 e. The third-order valence-corrected chi connectivity index (χ3v) is 5.70. The molecule has 1 saturated heterocycles. The summed E-state index contributed by atoms with van der Waals surface area (Å²) in [4.78, 5) is 41.0. The van der Waals surface area contributed by atoms with Crippen molar-refractivity contribution in [3.8, 4) is 0 Å². The third-order valence-electron chi connectivity index (χ3n) is 5.70. The molecule has 2 aromatic rings. The summed E-state index contributed by atoms with van der Waals surface area (Å²) in [6.45, 7) is 3.97. The minimum atomic E-state index is -0.471. The molecule has 1 atom stereocenters. The Morgan fingerprint density at radius 1 is 1.20 bits per heavy atom. The van der Waals surface area contributed by atoms with Gasteiger partial charge in [0.05, 0.1) is 22.8 Å². The van der Waals surface area contributed by atoms with Crippen LogP contribution in [0.1, 0.15) is 49.4 Å². The van der Waals surface area contributed by atoms with Gasteiger partial charge in [0.25, 0.3) is 5.91 Å². The normalized spacial score (nSPS) is 19.8. The number of anilines is 1. The Bertz CT molecular complexity index is 966. The number of hydrogen-bond donors (Lipinski definition) is 3. The van der Waals surface area contributed by atoms with Crippen LogP contribution in [0.2, 0.25) is 0 Å². The van der Waals surface area contributed by atoms with Crippen molar-refractivity contribution in [1.82, 2.24) is 25.6 Å². The van der Waals surface area contributed by atoms with E-state index in [2.05, 4.69) is 26.3 Å². The summed E-state index contributed by atoms with van der Waals surface area (Å²) in [5.74, 6) is -1.13. The van der Waals surface area contributed by atoms with Crippen LogP contribution in [0.25, 0.3) is 11.0 Å². The molecule has 3 heterocycles. The van der Waals surface area contributed by atoms with Gasteiger partial charge >= 0.3 is 0 Å². The number of aryl methyl sites for hydroxylation is 1. The lowest BCUT2D eigenvalue weighted by Gasteiger charge is -2.25. The zero-order chi connectivity index (χ0) is 21.1. The maximum atomic E-state index is 12.9. The Kier molecular flexibility index (Phi) is 5.93. The molecule has 2 amide bonds. The molecule has 3 N–H and O–H groups in total. The minimum Gasteiger partial charge on any atom is -0.381 e. The highest BCUT2D eigenvalue weighted by molar-refractivity contribution is 6.07. The molecule has 2 aliphatic rings. The molecule has 1 aliphatic heterocycles. The molecule has 0 spiro atoms. The SMILES string of the molecule is CCn1ncc2c(NC3CCOCC3)c(C(=O)NNC(=O)C3CCC(=O)C3)cnc21. The van der Waals surface area contributed by atoms with E-state index in [0.29, 0.717) is 49.5 Å². The molecule has 1 unspecified atom stereocenters. The lowest BCUT2D eigenvalue weighted by molar-refractivity contribution is -0.127. The number of nitrogens with zero attached hydrogens (tertiary/aromatic N) is 3. The highest BCUT2D eigenvalue weighted by atomic mass is 16.5. The van der Waals surface area contributed by atoms with Gasteiger partial charge in [0.2, 0.25) is 5.91 Å². The number of ketones is 1. The van der Waals surface area contributed by atoms with Crippen molar-refractivity contribution in [2.45, 2.75) is 51.6 Å². The maximum Gasteiger partial charge on any atom is 0.273 e. The van der Waals surface area contributed by atoms with Gasteiger partial charge < -0.3 is 10.1 Å². The van der Waals surface area contributed by atoms with Gasteiger partial charge in [-0.25, -0.2) is 9.67 Å². The van der Waals surface area contributed by atoms with Crippen molar-refractivity contribution in [1.29, 1.82) is 0 Å². The second kappa shape index (κ2) is 8.78. The highest BCUT2D eigenvalue weighted by Gasteiger charge is 2.29. The van der Waals surface area contributed by atoms with Gasteiger partial charge in [-0.05, 0) is 26.2 Å². The summed E-state index contributed by atoms with van der Waals surface area (Å²) in [5, 5.41) is 8.58. The first-order valence-corrected chi connectivity index (χ1v) is 10.4. The van der Waals surface area contributed by atoms with Crippen LogP contribution in [0.15, 0.2) is 12.4 Å². The van der Waals surface area contributed by atoms with E-state index in [0.717, 1.165) is 18.2 Å². The van der Waals surface area contributed by atoms with Crippen molar-refractivity contribution in [2.75, 3.05) is 18.5 Å². The number of carbonyl (C=O) groups excluding carboxylic acids is 3. The molecule has 10 nitrogen and oxygen atoms in total. The molecule has 0 radical (unpaired) electrons. The molecular weight excluding hydrogens is 388 g/mol. The van der Waals surface area contributed by atoms with Crippen LogP contribution < -0.4 is 16.2 Å². The van der Waals surface area contributed by atoms with E-state index < -0.39 is 5.91 Å². The maximum absolute atomic E-state index is 12.9. The Balaban J connectivity index is 1.55. The molecule has 4 rings (SSSR count). The fraction of sp³-hybridized carbons (Fsp3) is 0.550. The molecule has 2 aromatic heterocycles. The zero-order valence-corrected chi connectivity index (χ0v) is 16.9. The van der Waals surface area contributed by atoms with Crippen molar-refractivity contribution in [3.63, 3.8) is 0 Å². The number of hydrazine groups is 1. The number of carbonyl (C=O) groups is 3. The fourth-order valence-corrected chi connectivity index (χ4v) is 3.96. The average molecular weight is 414 g/mol. The van der Waals surface area contributed by atoms with E-state index >= 15 is 0 Å². The van der Waals surface area contributed by atoms with Gasteiger partial charge in [0.15, 0.2) is 5.65 Å². The van der Waals surface area contributed by atoms with Crippen molar-refractivity contribution in [3.05, 3.63) is 18.0 Å². The molecule has 10 heteroatoms. The van der Waals surface area contributed by atoms with Gasteiger partial charge in [-0.1, -0.05) is 0 Å². The van der Waals surface area contributed by atoms with Crippen LogP contribution in [-0.2, 0) is 20.9 Å². The summed E-state index contributed by atoms with van der Waals surface area (Å²) in [7, 11) is 0. The van der Waals surface area contributed by atoms with Gasteiger partial charge in [0.1, 0.15) is 5.78 Å². The first-order chi connectivity index (χ1) is 14.6. The molecule has 160 valence electrons. The number of fused-ring (bicyclic) bond motifs is 1. The number of rotatable bonds is 5. The first kappa shape index (κ1) is 20.3. The number of nitrogens with one attached hydrogen (secondary N) is 3. The molecule has 0 bridgehead atoms. The number of ether oxygens (including phenoxy) is 1. The topological polar surface area (TPSA) is 127 Å². The van der Waals surface area contributed by atoms with Crippen molar-refractivity contribution in [2.24, 2.45) is 5.92 Å². The lowest BCUT2D eigenvalue weighted by Crippen LogP contribution is -2.44. The predicted octanol–water partition coefficient (Wildman–Crippen LogP) is 1.17. The van der Waals surface area contributed by atoms with Crippen LogP contribution >= 0.6 is 0 Å². The molecule has 1 aliphatic carbocycles. The number of pyridine rings is 1. The number of aromatic nitrogens is 3. The summed E-state index contributed by atoms with van der Waals surface area (Å²) in [5.41, 5.74) is 6.59. The monoisotopic (exact) mass is 414 g/mol. The van der Waals surface area contributed by atoms with E-state index in [1.165, 1.54) is 6.20 Å². The number of Topliss-reactive ketones (excluding diaryl/α,β-unsaturated/α-hetero) is 1. The smallest absolute Gasteiger partial charge is 0.273 e. The first-order valence-electron chi connectivity index (χ1n) is 10.4.